The highest BCUT2D eigenvalue weighted by Gasteiger charge is 2.29. The van der Waals surface area contributed by atoms with Gasteiger partial charge in [-0.2, -0.15) is 0 Å². The summed E-state index contributed by atoms with van der Waals surface area (Å²) < 4.78 is 28.3. The first kappa shape index (κ1) is 13.3. The Morgan fingerprint density at radius 1 is 1.44 bits per heavy atom. The fourth-order valence-corrected chi connectivity index (χ4v) is 3.49. The molecule has 0 spiro atoms. The fourth-order valence-electron chi connectivity index (χ4n) is 1.83. The van der Waals surface area contributed by atoms with Crippen molar-refractivity contribution in [1.82, 2.24) is 0 Å². The predicted molar refractivity (Wildman–Crippen MR) is 71.7 cm³/mol. The second-order valence-corrected chi connectivity index (χ2v) is 6.60. The summed E-state index contributed by atoms with van der Waals surface area (Å²) in [4.78, 5) is 0. The van der Waals surface area contributed by atoms with Crippen LogP contribution in [-0.4, -0.2) is 31.9 Å². The second kappa shape index (κ2) is 5.64. The number of ether oxygens (including phenoxy) is 1. The van der Waals surface area contributed by atoms with Crippen LogP contribution in [0.15, 0.2) is 24.3 Å². The van der Waals surface area contributed by atoms with Gasteiger partial charge in [-0.15, -0.1) is 11.6 Å². The Hall–Kier alpha value is -1.18. The number of halogens is 1. The fraction of sp³-hybridized carbons (Fsp3) is 0.385. The van der Waals surface area contributed by atoms with Gasteiger partial charge in [-0.1, -0.05) is 17.9 Å². The normalized spacial score (nSPS) is 21.1. The Morgan fingerprint density at radius 2 is 2.28 bits per heavy atom. The maximum atomic E-state index is 11.3. The molecular weight excluding hydrogens is 272 g/mol. The minimum atomic E-state index is -2.91. The summed E-state index contributed by atoms with van der Waals surface area (Å²) in [6.07, 6.45) is 0.311. The van der Waals surface area contributed by atoms with Crippen LogP contribution in [0.4, 0.5) is 0 Å². The molecule has 0 amide bonds. The van der Waals surface area contributed by atoms with Gasteiger partial charge < -0.3 is 4.74 Å². The minimum absolute atomic E-state index is 0.102. The van der Waals surface area contributed by atoms with Gasteiger partial charge in [0.2, 0.25) is 0 Å². The van der Waals surface area contributed by atoms with Gasteiger partial charge in [0.05, 0.1) is 17.4 Å². The van der Waals surface area contributed by atoms with Crippen molar-refractivity contribution in [2.75, 3.05) is 17.4 Å². The van der Waals surface area contributed by atoms with E-state index in [9.17, 15) is 8.42 Å². The lowest BCUT2D eigenvalue weighted by Crippen LogP contribution is -2.17. The highest BCUT2D eigenvalue weighted by Crippen LogP contribution is 2.20. The van der Waals surface area contributed by atoms with E-state index in [2.05, 4.69) is 11.8 Å². The van der Waals surface area contributed by atoms with E-state index in [1.165, 1.54) is 0 Å². The smallest absolute Gasteiger partial charge is 0.154 e. The Labute approximate surface area is 112 Å². The molecule has 96 valence electrons. The first-order valence-electron chi connectivity index (χ1n) is 5.61. The number of hydrogen-bond donors (Lipinski definition) is 0. The van der Waals surface area contributed by atoms with Crippen LogP contribution < -0.4 is 4.74 Å². The summed E-state index contributed by atoms with van der Waals surface area (Å²) in [5.41, 5.74) is 0.814. The molecule has 3 nitrogen and oxygen atoms in total. The SMILES string of the molecule is O=S1(=O)CCC(Oc2cccc(C#CCCl)c2)C1. The Morgan fingerprint density at radius 3 is 2.94 bits per heavy atom. The molecule has 1 aliphatic rings. The van der Waals surface area contributed by atoms with Crippen molar-refractivity contribution >= 4 is 21.4 Å². The average Bonchev–Trinajstić information content (AvgIpc) is 2.66. The average molecular weight is 285 g/mol. The molecule has 0 radical (unpaired) electrons. The first-order chi connectivity index (χ1) is 8.59. The van der Waals surface area contributed by atoms with Crippen molar-refractivity contribution in [3.05, 3.63) is 29.8 Å². The lowest BCUT2D eigenvalue weighted by Gasteiger charge is -2.11. The van der Waals surface area contributed by atoms with Crippen LogP contribution in [-0.2, 0) is 9.84 Å². The zero-order valence-electron chi connectivity index (χ0n) is 9.73. The molecule has 1 fully saturated rings. The van der Waals surface area contributed by atoms with Crippen molar-refractivity contribution in [1.29, 1.82) is 0 Å². The quantitative estimate of drug-likeness (QED) is 0.615. The molecule has 0 aromatic heterocycles. The highest BCUT2D eigenvalue weighted by molar-refractivity contribution is 7.91. The van der Waals surface area contributed by atoms with E-state index in [-0.39, 0.29) is 23.5 Å². The lowest BCUT2D eigenvalue weighted by molar-refractivity contribution is 0.229. The van der Waals surface area contributed by atoms with Gasteiger partial charge in [-0.05, 0) is 24.6 Å². The molecule has 2 rings (SSSR count). The number of rotatable bonds is 2. The van der Waals surface area contributed by atoms with E-state index in [1.54, 1.807) is 12.1 Å². The van der Waals surface area contributed by atoms with Gasteiger partial charge in [0.15, 0.2) is 9.84 Å². The van der Waals surface area contributed by atoms with Crippen LogP contribution >= 0.6 is 11.6 Å². The molecule has 0 bridgehead atoms. The van der Waals surface area contributed by atoms with Crippen molar-refractivity contribution in [3.63, 3.8) is 0 Å². The number of alkyl halides is 1. The minimum Gasteiger partial charge on any atom is -0.489 e. The van der Waals surface area contributed by atoms with Gasteiger partial charge in [0, 0.05) is 5.56 Å². The van der Waals surface area contributed by atoms with Crippen LogP contribution in [0.1, 0.15) is 12.0 Å². The Bertz CT molecular complexity index is 584. The molecule has 1 heterocycles. The zero-order valence-corrected chi connectivity index (χ0v) is 11.3. The van der Waals surface area contributed by atoms with E-state index < -0.39 is 9.84 Å². The van der Waals surface area contributed by atoms with Crippen molar-refractivity contribution in [3.8, 4) is 17.6 Å². The maximum Gasteiger partial charge on any atom is 0.154 e. The number of sulfone groups is 1. The van der Waals surface area contributed by atoms with Crippen LogP contribution in [0, 0.1) is 11.8 Å². The summed E-state index contributed by atoms with van der Waals surface area (Å²) in [6.45, 7) is 0. The van der Waals surface area contributed by atoms with E-state index in [4.69, 9.17) is 16.3 Å². The molecular formula is C13H13ClO3S. The highest BCUT2D eigenvalue weighted by atomic mass is 35.5. The van der Waals surface area contributed by atoms with Gasteiger partial charge >= 0.3 is 0 Å². The first-order valence-corrected chi connectivity index (χ1v) is 7.97. The van der Waals surface area contributed by atoms with Crippen molar-refractivity contribution in [2.24, 2.45) is 0 Å². The molecule has 1 saturated heterocycles. The largest absolute Gasteiger partial charge is 0.489 e. The van der Waals surface area contributed by atoms with Crippen LogP contribution in [0.5, 0.6) is 5.75 Å². The van der Waals surface area contributed by atoms with E-state index in [0.29, 0.717) is 12.2 Å². The molecule has 0 N–H and O–H groups in total. The van der Waals surface area contributed by atoms with Gasteiger partial charge in [-0.3, -0.25) is 0 Å². The monoisotopic (exact) mass is 284 g/mol. The third kappa shape index (κ3) is 3.66. The van der Waals surface area contributed by atoms with E-state index >= 15 is 0 Å². The molecule has 18 heavy (non-hydrogen) atoms. The molecule has 0 aliphatic carbocycles. The molecule has 5 heteroatoms. The van der Waals surface area contributed by atoms with Gasteiger partial charge in [0.1, 0.15) is 11.9 Å². The third-order valence-corrected chi connectivity index (χ3v) is 4.50. The van der Waals surface area contributed by atoms with E-state index in [1.807, 2.05) is 12.1 Å². The topological polar surface area (TPSA) is 43.4 Å². The number of hydrogen-bond acceptors (Lipinski definition) is 3. The summed E-state index contributed by atoms with van der Waals surface area (Å²) in [7, 11) is -2.91. The van der Waals surface area contributed by atoms with Crippen LogP contribution in [0.2, 0.25) is 0 Å². The molecule has 1 unspecified atom stereocenters. The summed E-state index contributed by atoms with van der Waals surface area (Å²) >= 11 is 5.49. The van der Waals surface area contributed by atoms with Gasteiger partial charge in [-0.25, -0.2) is 8.42 Å². The summed E-state index contributed by atoms with van der Waals surface area (Å²) in [5, 5.41) is 0. The summed E-state index contributed by atoms with van der Waals surface area (Å²) in [6, 6.07) is 7.29. The molecule has 0 saturated carbocycles. The predicted octanol–water partition coefficient (Wildman–Crippen LogP) is 1.84. The summed E-state index contributed by atoms with van der Waals surface area (Å²) in [5.74, 6) is 6.91. The molecule has 1 aromatic rings. The molecule has 1 atom stereocenters. The lowest BCUT2D eigenvalue weighted by atomic mass is 10.2. The second-order valence-electron chi connectivity index (χ2n) is 4.11. The van der Waals surface area contributed by atoms with Crippen LogP contribution in [0.3, 0.4) is 0 Å². The Balaban J connectivity index is 2.06. The van der Waals surface area contributed by atoms with Gasteiger partial charge in [0.25, 0.3) is 0 Å². The number of benzene rings is 1. The van der Waals surface area contributed by atoms with Crippen molar-refractivity contribution in [2.45, 2.75) is 12.5 Å². The molecule has 1 aliphatic heterocycles. The Kier molecular flexibility index (Phi) is 4.15. The van der Waals surface area contributed by atoms with Crippen molar-refractivity contribution < 1.29 is 13.2 Å². The maximum absolute atomic E-state index is 11.3. The third-order valence-electron chi connectivity index (χ3n) is 2.63. The standard InChI is InChI=1S/C13H13ClO3S/c14-7-2-4-11-3-1-5-12(9-11)17-13-6-8-18(15,16)10-13/h1,3,5,9,13H,6-8,10H2. The van der Waals surface area contributed by atoms with Crippen LogP contribution in [0.25, 0.3) is 0 Å². The molecule has 1 aromatic carbocycles. The van der Waals surface area contributed by atoms with E-state index in [0.717, 1.165) is 5.56 Å². The zero-order chi connectivity index (χ0) is 13.0.